The summed E-state index contributed by atoms with van der Waals surface area (Å²) < 4.78 is 7.33. The fourth-order valence-corrected chi connectivity index (χ4v) is 5.34. The highest BCUT2D eigenvalue weighted by molar-refractivity contribution is 5.81. The van der Waals surface area contributed by atoms with Crippen molar-refractivity contribution < 1.29 is 4.74 Å². The Labute approximate surface area is 187 Å². The SMILES string of the molecule is C#N.c1nc(N2CCN(C3COC3)CC2)cc(-n2ncc3ccc(C4CC45CC5)cc32)n1. The summed E-state index contributed by atoms with van der Waals surface area (Å²) in [5.74, 6) is 2.59. The van der Waals surface area contributed by atoms with E-state index in [4.69, 9.17) is 10.00 Å². The minimum Gasteiger partial charge on any atom is -0.378 e. The second-order valence-electron chi connectivity index (χ2n) is 9.44. The van der Waals surface area contributed by atoms with Gasteiger partial charge < -0.3 is 9.64 Å². The van der Waals surface area contributed by atoms with Gasteiger partial charge in [0.2, 0.25) is 0 Å². The smallest absolute Gasteiger partial charge is 0.159 e. The number of benzene rings is 1. The molecule has 3 aromatic rings. The largest absolute Gasteiger partial charge is 0.378 e. The zero-order valence-corrected chi connectivity index (χ0v) is 18.1. The van der Waals surface area contributed by atoms with Crippen LogP contribution in [0, 0.1) is 17.2 Å². The number of hydrogen-bond donors (Lipinski definition) is 0. The van der Waals surface area contributed by atoms with E-state index in [0.717, 1.165) is 62.5 Å². The fourth-order valence-electron chi connectivity index (χ4n) is 5.34. The molecule has 164 valence electrons. The maximum absolute atomic E-state index is 6.50. The van der Waals surface area contributed by atoms with Gasteiger partial charge in [0.25, 0.3) is 0 Å². The Kier molecular flexibility index (Phi) is 4.63. The number of fused-ring (bicyclic) bond motifs is 1. The number of rotatable bonds is 4. The van der Waals surface area contributed by atoms with Crippen molar-refractivity contribution in [3.63, 3.8) is 0 Å². The second kappa shape index (κ2) is 7.54. The molecular formula is C24H27N7O. The number of hydrogen-bond acceptors (Lipinski definition) is 7. The molecule has 2 aliphatic carbocycles. The molecule has 2 aliphatic heterocycles. The van der Waals surface area contributed by atoms with Gasteiger partial charge in [0, 0.05) is 44.2 Å². The van der Waals surface area contributed by atoms with E-state index in [1.807, 2.05) is 10.9 Å². The lowest BCUT2D eigenvalue weighted by Crippen LogP contribution is -2.56. The van der Waals surface area contributed by atoms with Gasteiger partial charge in [-0.2, -0.15) is 5.10 Å². The van der Waals surface area contributed by atoms with Gasteiger partial charge in [-0.05, 0) is 42.2 Å². The third-order valence-corrected chi connectivity index (χ3v) is 7.71. The number of nitrogens with zero attached hydrogens (tertiary/aromatic N) is 7. The average molecular weight is 430 g/mol. The summed E-state index contributed by atoms with van der Waals surface area (Å²) in [7, 11) is 0. The molecule has 4 aliphatic rings. The van der Waals surface area contributed by atoms with Gasteiger partial charge in [0.1, 0.15) is 12.1 Å². The molecule has 1 aromatic carbocycles. The van der Waals surface area contributed by atoms with Crippen LogP contribution in [0.5, 0.6) is 0 Å². The lowest BCUT2D eigenvalue weighted by atomic mass is 10.1. The van der Waals surface area contributed by atoms with Crippen molar-refractivity contribution in [1.82, 2.24) is 24.6 Å². The van der Waals surface area contributed by atoms with Crippen molar-refractivity contribution in [3.8, 4) is 12.4 Å². The fraction of sp³-hybridized carbons (Fsp3) is 0.500. The zero-order valence-electron chi connectivity index (χ0n) is 18.1. The van der Waals surface area contributed by atoms with Crippen LogP contribution in [0.2, 0.25) is 0 Å². The van der Waals surface area contributed by atoms with Crippen LogP contribution >= 0.6 is 0 Å². The average Bonchev–Trinajstić information content (AvgIpc) is 3.71. The molecule has 2 aromatic heterocycles. The molecule has 1 atom stereocenters. The van der Waals surface area contributed by atoms with Crippen LogP contribution in [0.15, 0.2) is 36.8 Å². The molecule has 8 heteroatoms. The highest BCUT2D eigenvalue weighted by atomic mass is 16.5. The summed E-state index contributed by atoms with van der Waals surface area (Å²) in [6.07, 6.45) is 7.80. The van der Waals surface area contributed by atoms with Crippen molar-refractivity contribution >= 4 is 16.7 Å². The molecule has 2 saturated carbocycles. The van der Waals surface area contributed by atoms with Gasteiger partial charge in [-0.15, -0.1) is 0 Å². The number of aromatic nitrogens is 4. The first-order valence-corrected chi connectivity index (χ1v) is 11.4. The summed E-state index contributed by atoms with van der Waals surface area (Å²) in [5, 5.41) is 12.3. The molecule has 4 heterocycles. The van der Waals surface area contributed by atoms with E-state index in [0.29, 0.717) is 11.5 Å². The predicted molar refractivity (Wildman–Crippen MR) is 121 cm³/mol. The third-order valence-electron chi connectivity index (χ3n) is 7.71. The Morgan fingerprint density at radius 3 is 2.47 bits per heavy atom. The lowest BCUT2D eigenvalue weighted by molar-refractivity contribution is -0.0661. The van der Waals surface area contributed by atoms with Crippen LogP contribution in [0.4, 0.5) is 5.82 Å². The van der Waals surface area contributed by atoms with Crippen LogP contribution in [0.25, 0.3) is 16.7 Å². The standard InChI is InChI=1S/C23H26N6O.CHN/c1-2-17-12-26-29(20(17)9-16(1)19-11-23(19)3-4-23)22-10-21(24-15-25-22)28-7-5-27(6-8-28)18-13-30-14-18;1-2/h1-2,9-10,12,15,18-19H,3-8,11,13-14H2;1H. The Balaban J connectivity index is 0.000000953. The summed E-state index contributed by atoms with van der Waals surface area (Å²) in [4.78, 5) is 14.0. The highest BCUT2D eigenvalue weighted by Crippen LogP contribution is 2.75. The van der Waals surface area contributed by atoms with Crippen molar-refractivity contribution in [2.24, 2.45) is 5.41 Å². The maximum Gasteiger partial charge on any atom is 0.159 e. The Hall–Kier alpha value is -3.02. The first-order valence-electron chi connectivity index (χ1n) is 11.4. The van der Waals surface area contributed by atoms with Crippen LogP contribution in [0.1, 0.15) is 30.7 Å². The lowest BCUT2D eigenvalue weighted by Gasteiger charge is -2.42. The summed E-state index contributed by atoms with van der Waals surface area (Å²) in [6, 6.07) is 9.54. The Bertz CT molecular complexity index is 1160. The number of piperazine rings is 1. The molecule has 0 bridgehead atoms. The van der Waals surface area contributed by atoms with Crippen molar-refractivity contribution in [3.05, 3.63) is 42.4 Å². The van der Waals surface area contributed by atoms with E-state index < -0.39 is 0 Å². The van der Waals surface area contributed by atoms with E-state index in [1.165, 1.54) is 30.2 Å². The molecule has 1 unspecified atom stereocenters. The van der Waals surface area contributed by atoms with Crippen molar-refractivity contribution in [2.75, 3.05) is 44.3 Å². The molecule has 7 rings (SSSR count). The van der Waals surface area contributed by atoms with E-state index in [2.05, 4.69) is 55.7 Å². The van der Waals surface area contributed by atoms with Crippen LogP contribution in [0.3, 0.4) is 0 Å². The van der Waals surface area contributed by atoms with Gasteiger partial charge in [-0.1, -0.05) is 12.1 Å². The normalized spacial score (nSPS) is 24.1. The van der Waals surface area contributed by atoms with Gasteiger partial charge in [-0.25, -0.2) is 19.9 Å². The van der Waals surface area contributed by atoms with E-state index >= 15 is 0 Å². The van der Waals surface area contributed by atoms with Crippen molar-refractivity contribution in [2.45, 2.75) is 31.2 Å². The van der Waals surface area contributed by atoms with Crippen LogP contribution < -0.4 is 4.90 Å². The highest BCUT2D eigenvalue weighted by Gasteiger charge is 2.62. The van der Waals surface area contributed by atoms with Crippen LogP contribution in [-0.2, 0) is 4.74 Å². The van der Waals surface area contributed by atoms with Gasteiger partial charge >= 0.3 is 0 Å². The molecular weight excluding hydrogens is 402 g/mol. The van der Waals surface area contributed by atoms with Crippen molar-refractivity contribution in [1.29, 1.82) is 5.26 Å². The number of anilines is 1. The molecule has 8 nitrogen and oxygen atoms in total. The Morgan fingerprint density at radius 2 is 1.78 bits per heavy atom. The molecule has 1 spiro atoms. The number of nitriles is 1. The molecule has 2 saturated heterocycles. The van der Waals surface area contributed by atoms with E-state index in [-0.39, 0.29) is 0 Å². The van der Waals surface area contributed by atoms with Gasteiger partial charge in [0.05, 0.1) is 31.0 Å². The minimum absolute atomic E-state index is 0.610. The quantitative estimate of drug-likeness (QED) is 0.631. The summed E-state index contributed by atoms with van der Waals surface area (Å²) >= 11 is 0. The summed E-state index contributed by atoms with van der Waals surface area (Å²) in [6.45, 7) is 9.36. The molecule has 0 N–H and O–H groups in total. The van der Waals surface area contributed by atoms with E-state index in [9.17, 15) is 0 Å². The molecule has 0 amide bonds. The first kappa shape index (κ1) is 19.6. The van der Waals surface area contributed by atoms with Gasteiger partial charge in [0.15, 0.2) is 5.82 Å². The van der Waals surface area contributed by atoms with E-state index in [1.54, 1.807) is 6.33 Å². The topological polar surface area (TPSA) is 83.1 Å². The number of ether oxygens (including phenoxy) is 1. The predicted octanol–water partition coefficient (Wildman–Crippen LogP) is 2.74. The monoisotopic (exact) mass is 429 g/mol. The molecule has 4 fully saturated rings. The maximum atomic E-state index is 6.50. The third kappa shape index (κ3) is 3.24. The zero-order chi connectivity index (χ0) is 21.7. The minimum atomic E-state index is 0.610. The Morgan fingerprint density at radius 1 is 1.00 bits per heavy atom. The molecule has 0 radical (unpaired) electrons. The second-order valence-corrected chi connectivity index (χ2v) is 9.44. The molecule has 32 heavy (non-hydrogen) atoms. The first-order chi connectivity index (χ1) is 15.8. The van der Waals surface area contributed by atoms with Crippen LogP contribution in [-0.4, -0.2) is 70.1 Å². The van der Waals surface area contributed by atoms with Gasteiger partial charge in [-0.3, -0.25) is 4.90 Å². The summed E-state index contributed by atoms with van der Waals surface area (Å²) in [5.41, 5.74) is 3.27.